The molecular weight excluding hydrogens is 265 g/mol. The Kier molecular flexibility index (Phi) is 4.74. The summed E-state index contributed by atoms with van der Waals surface area (Å²) in [5.41, 5.74) is 0. The van der Waals surface area contributed by atoms with Crippen molar-refractivity contribution in [1.82, 2.24) is 4.72 Å². The predicted molar refractivity (Wildman–Crippen MR) is 61.1 cm³/mol. The summed E-state index contributed by atoms with van der Waals surface area (Å²) in [4.78, 5) is 10.9. The lowest BCUT2D eigenvalue weighted by molar-refractivity contribution is 0.202. The number of halogens is 2. The third-order valence-corrected chi connectivity index (χ3v) is 3.73. The van der Waals surface area contributed by atoms with Crippen LogP contribution in [0.15, 0.2) is 23.1 Å². The molecule has 0 aliphatic carbocycles. The monoisotopic (exact) mass is 269 g/mol. The molecule has 0 saturated heterocycles. The van der Waals surface area contributed by atoms with Crippen LogP contribution in [0.5, 0.6) is 0 Å². The van der Waals surface area contributed by atoms with Crippen molar-refractivity contribution in [2.24, 2.45) is 0 Å². The molecule has 0 atom stereocenters. The molecular formula is C7H5Cl2NO2S2. The van der Waals surface area contributed by atoms with Crippen LogP contribution in [-0.2, 0) is 0 Å². The van der Waals surface area contributed by atoms with Crippen LogP contribution < -0.4 is 4.72 Å². The Morgan fingerprint density at radius 3 is 2.71 bits per heavy atom. The van der Waals surface area contributed by atoms with Gasteiger partial charge in [0.25, 0.3) is 0 Å². The first-order valence-corrected chi connectivity index (χ1v) is 6.27. The van der Waals surface area contributed by atoms with Crippen LogP contribution in [0.3, 0.4) is 0 Å². The Morgan fingerprint density at radius 1 is 1.43 bits per heavy atom. The Morgan fingerprint density at radius 2 is 2.14 bits per heavy atom. The molecule has 14 heavy (non-hydrogen) atoms. The number of hydrogen-bond acceptors (Lipinski definition) is 3. The summed E-state index contributed by atoms with van der Waals surface area (Å²) in [5.74, 6) is 0. The van der Waals surface area contributed by atoms with Gasteiger partial charge in [0, 0.05) is 20.9 Å². The van der Waals surface area contributed by atoms with E-state index in [0.717, 1.165) is 15.9 Å². The summed E-state index contributed by atoms with van der Waals surface area (Å²) in [6.07, 6.45) is -1.09. The molecule has 76 valence electrons. The average molecular weight is 270 g/mol. The summed E-state index contributed by atoms with van der Waals surface area (Å²) >= 11 is 11.5. The van der Waals surface area contributed by atoms with E-state index in [1.165, 1.54) is 10.8 Å². The van der Waals surface area contributed by atoms with Crippen molar-refractivity contribution in [3.05, 3.63) is 28.2 Å². The largest absolute Gasteiger partial charge is 0.464 e. The van der Waals surface area contributed by atoms with Gasteiger partial charge in [0.05, 0.1) is 5.02 Å². The number of rotatable bonds is 3. The molecule has 0 spiro atoms. The van der Waals surface area contributed by atoms with Crippen molar-refractivity contribution >= 4 is 51.1 Å². The number of carbonyl (C=O) groups is 1. The quantitative estimate of drug-likeness (QED) is 0.645. The molecule has 0 fully saturated rings. The molecule has 0 aliphatic heterocycles. The summed E-state index contributed by atoms with van der Waals surface area (Å²) in [6, 6.07) is 5.02. The van der Waals surface area contributed by atoms with E-state index in [1.807, 2.05) is 0 Å². The van der Waals surface area contributed by atoms with Crippen molar-refractivity contribution < 1.29 is 9.90 Å². The van der Waals surface area contributed by atoms with E-state index in [4.69, 9.17) is 28.3 Å². The zero-order valence-electron chi connectivity index (χ0n) is 6.66. The molecule has 1 rings (SSSR count). The van der Waals surface area contributed by atoms with E-state index in [0.29, 0.717) is 10.0 Å². The van der Waals surface area contributed by atoms with Gasteiger partial charge < -0.3 is 5.11 Å². The smallest absolute Gasteiger partial charge is 0.415 e. The fourth-order valence-corrected chi connectivity index (χ4v) is 2.81. The maximum atomic E-state index is 10.1. The number of carboxylic acid groups (broad SMARTS) is 1. The third-order valence-electron chi connectivity index (χ3n) is 1.15. The van der Waals surface area contributed by atoms with Gasteiger partial charge in [-0.15, -0.1) is 0 Å². The first-order valence-electron chi connectivity index (χ1n) is 3.37. The van der Waals surface area contributed by atoms with Gasteiger partial charge in [-0.3, -0.25) is 4.72 Å². The van der Waals surface area contributed by atoms with Crippen LogP contribution >= 0.6 is 45.0 Å². The molecule has 0 saturated carbocycles. The minimum Gasteiger partial charge on any atom is -0.464 e. The highest BCUT2D eigenvalue weighted by molar-refractivity contribution is 8.76. The molecule has 0 unspecified atom stereocenters. The van der Waals surface area contributed by atoms with Gasteiger partial charge in [-0.1, -0.05) is 23.2 Å². The lowest BCUT2D eigenvalue weighted by Gasteiger charge is -2.02. The highest BCUT2D eigenvalue weighted by Gasteiger charge is 2.03. The zero-order chi connectivity index (χ0) is 10.6. The second-order valence-corrected chi connectivity index (χ2v) is 4.97. The SMILES string of the molecule is O=C(O)NSSc1ccc(Cl)cc1Cl. The maximum absolute atomic E-state index is 10.1. The lowest BCUT2D eigenvalue weighted by atomic mass is 10.4. The minimum absolute atomic E-state index is 0.502. The van der Waals surface area contributed by atoms with Crippen LogP contribution in [0.25, 0.3) is 0 Å². The second kappa shape index (κ2) is 5.60. The molecule has 7 heteroatoms. The van der Waals surface area contributed by atoms with E-state index in [-0.39, 0.29) is 0 Å². The van der Waals surface area contributed by atoms with E-state index in [9.17, 15) is 4.79 Å². The molecule has 1 aromatic carbocycles. The van der Waals surface area contributed by atoms with Crippen LogP contribution in [-0.4, -0.2) is 11.2 Å². The Bertz CT molecular complexity index is 348. The molecule has 1 aromatic rings. The fourth-order valence-electron chi connectivity index (χ4n) is 0.644. The van der Waals surface area contributed by atoms with E-state index < -0.39 is 6.09 Å². The molecule has 0 aromatic heterocycles. The third kappa shape index (κ3) is 3.88. The lowest BCUT2D eigenvalue weighted by Crippen LogP contribution is -2.09. The zero-order valence-corrected chi connectivity index (χ0v) is 9.80. The normalized spacial score (nSPS) is 9.86. The summed E-state index contributed by atoms with van der Waals surface area (Å²) < 4.78 is 2.14. The predicted octanol–water partition coefficient (Wildman–Crippen LogP) is 3.92. The number of nitrogens with one attached hydrogen (secondary N) is 1. The first kappa shape index (κ1) is 11.8. The van der Waals surface area contributed by atoms with Crippen LogP contribution in [0.2, 0.25) is 10.0 Å². The van der Waals surface area contributed by atoms with Gasteiger partial charge in [-0.05, 0) is 29.0 Å². The Hall–Kier alpha value is -0.230. The fraction of sp³-hybridized carbons (Fsp3) is 0. The van der Waals surface area contributed by atoms with Gasteiger partial charge in [0.1, 0.15) is 0 Å². The summed E-state index contributed by atoms with van der Waals surface area (Å²) in [5, 5.41) is 9.36. The molecule has 0 heterocycles. The van der Waals surface area contributed by atoms with Gasteiger partial charge >= 0.3 is 6.09 Å². The van der Waals surface area contributed by atoms with Crippen molar-refractivity contribution in [3.63, 3.8) is 0 Å². The molecule has 1 amide bonds. The van der Waals surface area contributed by atoms with Gasteiger partial charge in [-0.2, -0.15) is 0 Å². The van der Waals surface area contributed by atoms with E-state index >= 15 is 0 Å². The molecule has 2 N–H and O–H groups in total. The van der Waals surface area contributed by atoms with Gasteiger partial charge in [-0.25, -0.2) is 4.79 Å². The number of benzene rings is 1. The van der Waals surface area contributed by atoms with Crippen molar-refractivity contribution in [3.8, 4) is 0 Å². The first-order chi connectivity index (χ1) is 6.59. The summed E-state index contributed by atoms with van der Waals surface area (Å²) in [6.45, 7) is 0. The number of amides is 1. The van der Waals surface area contributed by atoms with Crippen molar-refractivity contribution in [2.45, 2.75) is 4.90 Å². The average Bonchev–Trinajstić information content (AvgIpc) is 2.08. The van der Waals surface area contributed by atoms with Crippen LogP contribution in [0.1, 0.15) is 0 Å². The van der Waals surface area contributed by atoms with E-state index in [1.54, 1.807) is 18.2 Å². The standard InChI is InChI=1S/C7H5Cl2NO2S2/c8-4-1-2-6(5(9)3-4)13-14-10-7(11)12/h1-3,10H,(H,11,12). The molecule has 3 nitrogen and oxygen atoms in total. The Balaban J connectivity index is 2.55. The topological polar surface area (TPSA) is 49.3 Å². The van der Waals surface area contributed by atoms with Crippen LogP contribution in [0.4, 0.5) is 4.79 Å². The van der Waals surface area contributed by atoms with Crippen LogP contribution in [0, 0.1) is 0 Å². The molecule has 0 aliphatic rings. The maximum Gasteiger partial charge on any atom is 0.415 e. The van der Waals surface area contributed by atoms with Gasteiger partial charge in [0.15, 0.2) is 0 Å². The van der Waals surface area contributed by atoms with Crippen molar-refractivity contribution in [1.29, 1.82) is 0 Å². The Labute approximate surface area is 98.7 Å². The number of hydrogen-bond donors (Lipinski definition) is 2. The van der Waals surface area contributed by atoms with Crippen molar-refractivity contribution in [2.75, 3.05) is 0 Å². The second-order valence-electron chi connectivity index (χ2n) is 2.15. The highest BCUT2D eigenvalue weighted by atomic mass is 35.5. The highest BCUT2D eigenvalue weighted by Crippen LogP contribution is 2.35. The molecule has 0 radical (unpaired) electrons. The van der Waals surface area contributed by atoms with E-state index in [2.05, 4.69) is 4.72 Å². The minimum atomic E-state index is -1.09. The van der Waals surface area contributed by atoms with Gasteiger partial charge in [0.2, 0.25) is 0 Å². The summed E-state index contributed by atoms with van der Waals surface area (Å²) in [7, 11) is 2.19. The molecule has 0 bridgehead atoms.